The average molecular weight is 870 g/mol. The molecule has 3 aliphatic carbocycles. The number of aliphatic hydroxyl groups excluding tert-OH is 2. The molecule has 3 aromatic carbocycles. The summed E-state index contributed by atoms with van der Waals surface area (Å²) in [6.07, 6.45) is -10.9. The first-order valence-corrected chi connectivity index (χ1v) is 20.6. The lowest BCUT2D eigenvalue weighted by Gasteiger charge is -2.67. The molecule has 11 unspecified atom stereocenters. The molecule has 1 aliphatic heterocycles. The zero-order valence-corrected chi connectivity index (χ0v) is 35.6. The molecule has 5 N–H and O–H groups in total. The number of aromatic hydroxyl groups is 1. The van der Waals surface area contributed by atoms with Crippen LogP contribution in [-0.4, -0.2) is 110 Å². The molecule has 2 saturated carbocycles. The van der Waals surface area contributed by atoms with Gasteiger partial charge in [0.05, 0.1) is 35.6 Å². The number of Topliss-reactive ketones (excluding diaryl/α,β-unsaturated/α-hetero) is 1. The molecule has 63 heavy (non-hydrogen) atoms. The van der Waals surface area contributed by atoms with Crippen molar-refractivity contribution in [2.75, 3.05) is 6.61 Å². The Kier molecular flexibility index (Phi) is 11.9. The molecule has 0 spiro atoms. The number of carbonyl (C=O) groups is 6. The van der Waals surface area contributed by atoms with Crippen molar-refractivity contribution in [1.29, 1.82) is 0 Å². The van der Waals surface area contributed by atoms with Gasteiger partial charge in [0.1, 0.15) is 29.7 Å². The lowest BCUT2D eigenvalue weighted by atomic mass is 9.44. The number of ether oxygens (including phenoxy) is 5. The molecular formula is C47H51NO15. The third-order valence-corrected chi connectivity index (χ3v) is 13.6. The van der Waals surface area contributed by atoms with Gasteiger partial charge in [0.15, 0.2) is 23.6 Å². The molecule has 4 aliphatic rings. The monoisotopic (exact) mass is 869 g/mol. The molecule has 2 bridgehead atoms. The van der Waals surface area contributed by atoms with Gasteiger partial charge in [0.2, 0.25) is 0 Å². The number of esters is 4. The van der Waals surface area contributed by atoms with Crippen LogP contribution in [0.3, 0.4) is 0 Å². The van der Waals surface area contributed by atoms with Gasteiger partial charge >= 0.3 is 23.9 Å². The van der Waals surface area contributed by atoms with E-state index in [1.165, 1.54) is 45.9 Å². The van der Waals surface area contributed by atoms with E-state index in [0.29, 0.717) is 5.56 Å². The second-order valence-corrected chi connectivity index (χ2v) is 17.5. The van der Waals surface area contributed by atoms with E-state index < -0.39 is 113 Å². The van der Waals surface area contributed by atoms with Crippen LogP contribution in [0.4, 0.5) is 0 Å². The first-order valence-electron chi connectivity index (χ1n) is 20.6. The van der Waals surface area contributed by atoms with Gasteiger partial charge < -0.3 is 49.4 Å². The molecule has 7 rings (SSSR count). The zero-order chi connectivity index (χ0) is 45.8. The Morgan fingerprint density at radius 3 is 2.08 bits per heavy atom. The number of aliphatic hydroxyl groups is 3. The first kappa shape index (κ1) is 45.1. The Hall–Kier alpha value is -5.94. The van der Waals surface area contributed by atoms with Crippen LogP contribution in [0.2, 0.25) is 0 Å². The Balaban J connectivity index is 1.39. The highest BCUT2D eigenvalue weighted by molar-refractivity contribution is 5.96. The third kappa shape index (κ3) is 7.58. The molecule has 11 atom stereocenters. The van der Waals surface area contributed by atoms with Crippen LogP contribution in [0, 0.1) is 16.7 Å². The predicted molar refractivity (Wildman–Crippen MR) is 219 cm³/mol. The summed E-state index contributed by atoms with van der Waals surface area (Å²) >= 11 is 0. The van der Waals surface area contributed by atoms with E-state index in [2.05, 4.69) is 5.32 Å². The van der Waals surface area contributed by atoms with E-state index in [-0.39, 0.29) is 41.1 Å². The van der Waals surface area contributed by atoms with Gasteiger partial charge in [-0.1, -0.05) is 68.4 Å². The van der Waals surface area contributed by atoms with Crippen LogP contribution < -0.4 is 5.32 Å². The highest BCUT2D eigenvalue weighted by Crippen LogP contribution is 2.64. The smallest absolute Gasteiger partial charge is 0.338 e. The SMILES string of the molecule is CC(=O)OC1C(=O)C2(C)C(O)CC3OCC3(OC(C)=O)C2C(OC(=O)c2cccc(O)c2)C2(O)CC(OC(=O)C(O)C(NC(=O)c3ccccc3)c3ccccc3)C(C)=C1C2(C)C. The summed E-state index contributed by atoms with van der Waals surface area (Å²) in [5.41, 5.74) is -7.58. The van der Waals surface area contributed by atoms with Gasteiger partial charge in [-0.3, -0.25) is 19.2 Å². The van der Waals surface area contributed by atoms with Gasteiger partial charge in [-0.25, -0.2) is 9.59 Å². The summed E-state index contributed by atoms with van der Waals surface area (Å²) in [6, 6.07) is 20.1. The van der Waals surface area contributed by atoms with E-state index in [0.717, 1.165) is 19.9 Å². The average Bonchev–Trinajstić information content (AvgIpc) is 3.23. The van der Waals surface area contributed by atoms with Gasteiger partial charge in [-0.05, 0) is 60.9 Å². The number of hydrogen-bond donors (Lipinski definition) is 5. The van der Waals surface area contributed by atoms with Crippen molar-refractivity contribution in [3.8, 4) is 5.75 Å². The van der Waals surface area contributed by atoms with Crippen molar-refractivity contribution >= 4 is 35.6 Å². The molecule has 3 aromatic rings. The fourth-order valence-corrected chi connectivity index (χ4v) is 10.2. The zero-order valence-electron chi connectivity index (χ0n) is 35.6. The van der Waals surface area contributed by atoms with Crippen LogP contribution in [-0.2, 0) is 42.9 Å². The summed E-state index contributed by atoms with van der Waals surface area (Å²) in [4.78, 5) is 83.5. The summed E-state index contributed by atoms with van der Waals surface area (Å²) in [5.74, 6) is -7.49. The van der Waals surface area contributed by atoms with Gasteiger partial charge in [-0.15, -0.1) is 0 Å². The highest BCUT2D eigenvalue weighted by Gasteiger charge is 2.78. The molecule has 0 aromatic heterocycles. The van der Waals surface area contributed by atoms with E-state index in [9.17, 15) is 44.4 Å². The minimum absolute atomic E-state index is 0.0421. The summed E-state index contributed by atoms with van der Waals surface area (Å²) in [5, 5.41) is 50.5. The number of amides is 1. The van der Waals surface area contributed by atoms with Crippen molar-refractivity contribution in [3.05, 3.63) is 113 Å². The maximum Gasteiger partial charge on any atom is 0.338 e. The van der Waals surface area contributed by atoms with E-state index in [1.54, 1.807) is 60.7 Å². The number of ketones is 1. The maximum absolute atomic E-state index is 15.5. The Morgan fingerprint density at radius 1 is 0.857 bits per heavy atom. The molecule has 0 radical (unpaired) electrons. The summed E-state index contributed by atoms with van der Waals surface area (Å²) in [7, 11) is 0. The summed E-state index contributed by atoms with van der Waals surface area (Å²) < 4.78 is 30.1. The number of fused-ring (bicyclic) bond motifs is 5. The quantitative estimate of drug-likeness (QED) is 0.111. The minimum Gasteiger partial charge on any atom is -0.508 e. The van der Waals surface area contributed by atoms with Crippen LogP contribution in [0.15, 0.2) is 96.1 Å². The van der Waals surface area contributed by atoms with Gasteiger partial charge in [0.25, 0.3) is 5.91 Å². The number of rotatable bonds is 10. The topological polar surface area (TPSA) is 242 Å². The highest BCUT2D eigenvalue weighted by atomic mass is 16.6. The van der Waals surface area contributed by atoms with E-state index in [1.807, 2.05) is 0 Å². The van der Waals surface area contributed by atoms with Crippen molar-refractivity contribution in [3.63, 3.8) is 0 Å². The molecule has 1 heterocycles. The fraction of sp³-hybridized carbons (Fsp3) is 0.447. The van der Waals surface area contributed by atoms with E-state index >= 15 is 4.79 Å². The van der Waals surface area contributed by atoms with Crippen LogP contribution in [0.1, 0.15) is 86.7 Å². The van der Waals surface area contributed by atoms with Gasteiger partial charge in [-0.2, -0.15) is 0 Å². The van der Waals surface area contributed by atoms with Crippen LogP contribution in [0.5, 0.6) is 5.75 Å². The summed E-state index contributed by atoms with van der Waals surface area (Å²) in [6.45, 7) is 7.76. The molecule has 3 fully saturated rings. The van der Waals surface area contributed by atoms with E-state index in [4.69, 9.17) is 23.7 Å². The number of phenolic OH excluding ortho intramolecular Hbond substituents is 1. The molecule has 1 amide bonds. The van der Waals surface area contributed by atoms with Crippen LogP contribution >= 0.6 is 0 Å². The number of carbonyl (C=O) groups excluding carboxylic acids is 6. The minimum atomic E-state index is -2.46. The fourth-order valence-electron chi connectivity index (χ4n) is 10.2. The largest absolute Gasteiger partial charge is 0.508 e. The Labute approximate surface area is 363 Å². The number of benzene rings is 3. The third-order valence-electron chi connectivity index (χ3n) is 13.6. The Morgan fingerprint density at radius 2 is 1.49 bits per heavy atom. The number of hydrogen-bond acceptors (Lipinski definition) is 15. The predicted octanol–water partition coefficient (Wildman–Crippen LogP) is 3.44. The van der Waals surface area contributed by atoms with Gasteiger partial charge in [0, 0.05) is 37.7 Å². The molecular weight excluding hydrogens is 819 g/mol. The molecule has 334 valence electrons. The van der Waals surface area contributed by atoms with Crippen molar-refractivity contribution in [2.24, 2.45) is 16.7 Å². The van der Waals surface area contributed by atoms with Crippen molar-refractivity contribution in [1.82, 2.24) is 5.32 Å². The number of nitrogens with one attached hydrogen (secondary N) is 1. The molecule has 16 heteroatoms. The molecule has 16 nitrogen and oxygen atoms in total. The maximum atomic E-state index is 15.5. The first-order chi connectivity index (χ1) is 29.7. The number of phenols is 1. The lowest BCUT2D eigenvalue weighted by Crippen LogP contribution is -2.82. The van der Waals surface area contributed by atoms with Crippen molar-refractivity contribution < 1.29 is 72.9 Å². The lowest BCUT2D eigenvalue weighted by molar-refractivity contribution is -0.346. The second-order valence-electron chi connectivity index (χ2n) is 17.5. The van der Waals surface area contributed by atoms with Crippen LogP contribution in [0.25, 0.3) is 0 Å². The normalized spacial score (nSPS) is 31.5. The molecule has 1 saturated heterocycles. The standard InChI is InChI=1S/C47H51NO15/c1-24-31(61-43(57)36(53)35(27-14-9-7-10-15-27)48-41(55)28-16-11-8-12-17-28)22-47(58)40(62-42(56)29-18-13-19-30(51)20-29)38-45(6,32(52)21-33-46(38,23-59-33)63-26(3)50)39(54)37(60-25(2)49)34(24)44(47,4)5/h7-20,31-33,35-38,40,51-53,58H,21-23H2,1-6H3,(H,48,55). The van der Waals surface area contributed by atoms with Crippen molar-refractivity contribution in [2.45, 2.75) is 108 Å². The second kappa shape index (κ2) is 16.6. The Bertz CT molecular complexity index is 2350.